The van der Waals surface area contributed by atoms with E-state index in [9.17, 15) is 13.6 Å². The Labute approximate surface area is 183 Å². The van der Waals surface area contributed by atoms with Crippen LogP contribution in [0.5, 0.6) is 5.75 Å². The van der Waals surface area contributed by atoms with Crippen LogP contribution < -0.4 is 9.64 Å². The van der Waals surface area contributed by atoms with Crippen molar-refractivity contribution in [3.05, 3.63) is 77.4 Å². The van der Waals surface area contributed by atoms with Crippen molar-refractivity contribution >= 4 is 17.3 Å². The van der Waals surface area contributed by atoms with Crippen molar-refractivity contribution in [2.45, 2.75) is 13.8 Å². The van der Waals surface area contributed by atoms with Gasteiger partial charge in [-0.25, -0.2) is 22.4 Å². The summed E-state index contributed by atoms with van der Waals surface area (Å²) in [5.74, 6) is -4.48. The number of halogens is 4. The maximum atomic E-state index is 15.4. The summed E-state index contributed by atoms with van der Waals surface area (Å²) in [6.07, 6.45) is 0. The highest BCUT2D eigenvalue weighted by molar-refractivity contribution is 5.75. The molecular weight excluding hydrogens is 426 g/mol. The van der Waals surface area contributed by atoms with E-state index < -0.39 is 41.5 Å². The molecule has 0 radical (unpaired) electrons. The van der Waals surface area contributed by atoms with Gasteiger partial charge in [0, 0.05) is 12.6 Å². The fourth-order valence-corrected chi connectivity index (χ4v) is 3.26. The van der Waals surface area contributed by atoms with E-state index in [0.717, 1.165) is 17.0 Å². The van der Waals surface area contributed by atoms with Gasteiger partial charge in [-0.1, -0.05) is 12.1 Å². The molecule has 3 aromatic rings. The summed E-state index contributed by atoms with van der Waals surface area (Å²) in [7, 11) is 1.30. The van der Waals surface area contributed by atoms with Gasteiger partial charge in [0.05, 0.1) is 12.3 Å². The average Bonchev–Trinajstić information content (AvgIpc) is 2.74. The third kappa shape index (κ3) is 4.85. The Balaban J connectivity index is 2.03. The van der Waals surface area contributed by atoms with Gasteiger partial charge >= 0.3 is 5.97 Å². The standard InChI is InChI=1S/C24H21F4NO3/c1-4-31-21(30)13-32-20-9-8-18(26)24(23(20)28)29(3)19-11-14(2)10-17(22(19)27)15-6-5-7-16(25)12-15/h5-12H,4,13H2,1-3H3. The second kappa shape index (κ2) is 9.72. The number of aryl methyl sites for hydroxylation is 1. The van der Waals surface area contributed by atoms with E-state index in [4.69, 9.17) is 9.47 Å². The number of benzene rings is 3. The van der Waals surface area contributed by atoms with E-state index in [1.165, 1.54) is 43.4 Å². The fraction of sp³-hybridized carbons (Fsp3) is 0.208. The fourth-order valence-electron chi connectivity index (χ4n) is 3.26. The molecule has 168 valence electrons. The summed E-state index contributed by atoms with van der Waals surface area (Å²) in [6.45, 7) is 2.85. The van der Waals surface area contributed by atoms with Crippen molar-refractivity contribution in [3.63, 3.8) is 0 Å². The quantitative estimate of drug-likeness (QED) is 0.333. The Morgan fingerprint density at radius 3 is 2.44 bits per heavy atom. The largest absolute Gasteiger partial charge is 0.479 e. The maximum Gasteiger partial charge on any atom is 0.344 e. The van der Waals surface area contributed by atoms with Crippen LogP contribution in [0.15, 0.2) is 48.5 Å². The molecule has 0 saturated carbocycles. The summed E-state index contributed by atoms with van der Waals surface area (Å²) < 4.78 is 68.6. The molecule has 0 N–H and O–H groups in total. The maximum absolute atomic E-state index is 15.4. The van der Waals surface area contributed by atoms with Crippen LogP contribution in [0.25, 0.3) is 11.1 Å². The van der Waals surface area contributed by atoms with E-state index >= 15 is 8.78 Å². The van der Waals surface area contributed by atoms with E-state index in [1.54, 1.807) is 13.8 Å². The van der Waals surface area contributed by atoms with Gasteiger partial charge in [0.2, 0.25) is 0 Å². The van der Waals surface area contributed by atoms with Gasteiger partial charge < -0.3 is 14.4 Å². The van der Waals surface area contributed by atoms with Gasteiger partial charge in [0.1, 0.15) is 17.3 Å². The molecule has 3 aromatic carbocycles. The van der Waals surface area contributed by atoms with Crippen molar-refractivity contribution in [1.29, 1.82) is 0 Å². The van der Waals surface area contributed by atoms with Crippen molar-refractivity contribution < 1.29 is 31.8 Å². The minimum atomic E-state index is -1.11. The Morgan fingerprint density at radius 1 is 1.00 bits per heavy atom. The summed E-state index contributed by atoms with van der Waals surface area (Å²) in [6, 6.07) is 10.3. The third-order valence-corrected chi connectivity index (χ3v) is 4.71. The lowest BCUT2D eigenvalue weighted by Crippen LogP contribution is -2.18. The molecule has 0 aliphatic heterocycles. The molecule has 0 heterocycles. The first-order valence-electron chi connectivity index (χ1n) is 9.79. The Kier molecular flexibility index (Phi) is 7.02. The molecule has 0 unspecified atom stereocenters. The van der Waals surface area contributed by atoms with E-state index in [2.05, 4.69) is 0 Å². The van der Waals surface area contributed by atoms with Crippen LogP contribution in [0.4, 0.5) is 28.9 Å². The lowest BCUT2D eigenvalue weighted by Gasteiger charge is -2.24. The van der Waals surface area contributed by atoms with Crippen LogP contribution in [0.3, 0.4) is 0 Å². The van der Waals surface area contributed by atoms with Crippen molar-refractivity contribution in [2.24, 2.45) is 0 Å². The summed E-state index contributed by atoms with van der Waals surface area (Å²) >= 11 is 0. The molecule has 0 fully saturated rings. The number of nitrogens with zero attached hydrogens (tertiary/aromatic N) is 1. The van der Waals surface area contributed by atoms with Crippen LogP contribution in [0.1, 0.15) is 12.5 Å². The highest BCUT2D eigenvalue weighted by atomic mass is 19.1. The van der Waals surface area contributed by atoms with Gasteiger partial charge in [0.25, 0.3) is 0 Å². The van der Waals surface area contributed by atoms with Crippen LogP contribution in [-0.2, 0) is 9.53 Å². The molecule has 0 saturated heterocycles. The zero-order chi connectivity index (χ0) is 23.4. The zero-order valence-corrected chi connectivity index (χ0v) is 17.7. The smallest absolute Gasteiger partial charge is 0.344 e. The number of carbonyl (C=O) groups is 1. The molecule has 0 aliphatic rings. The number of anilines is 2. The third-order valence-electron chi connectivity index (χ3n) is 4.71. The lowest BCUT2D eigenvalue weighted by molar-refractivity contribution is -0.145. The molecule has 0 atom stereocenters. The molecule has 8 heteroatoms. The average molecular weight is 447 g/mol. The summed E-state index contributed by atoms with van der Waals surface area (Å²) in [5, 5.41) is 0. The Bertz CT molecular complexity index is 1150. The van der Waals surface area contributed by atoms with Crippen molar-refractivity contribution in [2.75, 3.05) is 25.2 Å². The number of hydrogen-bond acceptors (Lipinski definition) is 4. The highest BCUT2D eigenvalue weighted by Crippen LogP contribution is 2.38. The number of carbonyl (C=O) groups excluding carboxylic acids is 1. The molecule has 0 amide bonds. The molecule has 0 aliphatic carbocycles. The molecule has 4 nitrogen and oxygen atoms in total. The van der Waals surface area contributed by atoms with E-state index in [1.807, 2.05) is 0 Å². The number of hydrogen-bond donors (Lipinski definition) is 0. The molecular formula is C24H21F4NO3. The Morgan fingerprint density at radius 2 is 1.75 bits per heavy atom. The van der Waals surface area contributed by atoms with Crippen LogP contribution in [0, 0.1) is 30.2 Å². The lowest BCUT2D eigenvalue weighted by atomic mass is 10.0. The summed E-state index contributed by atoms with van der Waals surface area (Å²) in [4.78, 5) is 12.5. The van der Waals surface area contributed by atoms with Crippen molar-refractivity contribution in [1.82, 2.24) is 0 Å². The molecule has 0 bridgehead atoms. The SMILES string of the molecule is CCOC(=O)COc1ccc(F)c(N(C)c2cc(C)cc(-c3cccc(F)c3)c2F)c1F. The molecule has 0 aromatic heterocycles. The normalized spacial score (nSPS) is 10.7. The topological polar surface area (TPSA) is 38.8 Å². The second-order valence-electron chi connectivity index (χ2n) is 7.02. The first-order valence-corrected chi connectivity index (χ1v) is 9.79. The number of esters is 1. The highest BCUT2D eigenvalue weighted by Gasteiger charge is 2.24. The second-order valence-corrected chi connectivity index (χ2v) is 7.02. The summed E-state index contributed by atoms with van der Waals surface area (Å²) in [5.41, 5.74) is 0.281. The monoisotopic (exact) mass is 447 g/mol. The molecule has 32 heavy (non-hydrogen) atoms. The predicted molar refractivity (Wildman–Crippen MR) is 113 cm³/mol. The van der Waals surface area contributed by atoms with Gasteiger partial charge in [-0.05, 0) is 61.4 Å². The number of ether oxygens (including phenoxy) is 2. The van der Waals surface area contributed by atoms with Crippen molar-refractivity contribution in [3.8, 4) is 16.9 Å². The van der Waals surface area contributed by atoms with Gasteiger partial charge in [0.15, 0.2) is 24.0 Å². The van der Waals surface area contributed by atoms with E-state index in [0.29, 0.717) is 5.56 Å². The van der Waals surface area contributed by atoms with E-state index in [-0.39, 0.29) is 29.2 Å². The molecule has 3 rings (SSSR count). The number of rotatable bonds is 7. The van der Waals surface area contributed by atoms with Crippen LogP contribution >= 0.6 is 0 Å². The first-order chi connectivity index (χ1) is 15.2. The zero-order valence-electron chi connectivity index (χ0n) is 17.7. The predicted octanol–water partition coefficient (Wildman–Crippen LogP) is 5.93. The van der Waals surface area contributed by atoms with Gasteiger partial charge in [-0.3, -0.25) is 0 Å². The van der Waals surface area contributed by atoms with Crippen LogP contribution in [-0.4, -0.2) is 26.2 Å². The van der Waals surface area contributed by atoms with Gasteiger partial charge in [-0.2, -0.15) is 0 Å². The molecule has 0 spiro atoms. The minimum Gasteiger partial charge on any atom is -0.479 e. The minimum absolute atomic E-state index is 0.0851. The van der Waals surface area contributed by atoms with Gasteiger partial charge in [-0.15, -0.1) is 0 Å². The Hall–Kier alpha value is -3.55. The first kappa shape index (κ1) is 23.1. The van der Waals surface area contributed by atoms with Crippen LogP contribution in [0.2, 0.25) is 0 Å².